The summed E-state index contributed by atoms with van der Waals surface area (Å²) in [6.45, 7) is 1.82. The third-order valence-electron chi connectivity index (χ3n) is 3.52. The fourth-order valence-electron chi connectivity index (χ4n) is 2.53. The first-order valence-corrected chi connectivity index (χ1v) is 6.74. The van der Waals surface area contributed by atoms with Crippen molar-refractivity contribution in [1.82, 2.24) is 4.40 Å². The highest BCUT2D eigenvalue weighted by molar-refractivity contribution is 5.70. The summed E-state index contributed by atoms with van der Waals surface area (Å²) in [5.41, 5.74) is 8.31. The molecule has 4 heteroatoms. The third kappa shape index (κ3) is 2.34. The van der Waals surface area contributed by atoms with Gasteiger partial charge in [-0.3, -0.25) is 9.20 Å². The van der Waals surface area contributed by atoms with E-state index >= 15 is 0 Å². The summed E-state index contributed by atoms with van der Waals surface area (Å²) >= 11 is 0. The van der Waals surface area contributed by atoms with Crippen LogP contribution in [0.5, 0.6) is 0 Å². The minimum atomic E-state index is -0.374. The van der Waals surface area contributed by atoms with Crippen molar-refractivity contribution in [2.24, 2.45) is 5.73 Å². The molecule has 2 N–H and O–H groups in total. The maximum atomic E-state index is 13.5. The Labute approximate surface area is 121 Å². The van der Waals surface area contributed by atoms with Crippen LogP contribution in [0.4, 0.5) is 4.39 Å². The Bertz CT molecular complexity index is 868. The fraction of sp³-hybridized carbons (Fsp3) is 0.118. The maximum Gasteiger partial charge on any atom is 0.263 e. The summed E-state index contributed by atoms with van der Waals surface area (Å²) in [5, 5.41) is 0. The second-order valence-corrected chi connectivity index (χ2v) is 5.07. The van der Waals surface area contributed by atoms with Gasteiger partial charge < -0.3 is 5.73 Å². The number of rotatable bonds is 2. The molecule has 0 saturated carbocycles. The molecule has 0 amide bonds. The normalized spacial score (nSPS) is 12.5. The van der Waals surface area contributed by atoms with E-state index < -0.39 is 0 Å². The zero-order chi connectivity index (χ0) is 15.0. The lowest BCUT2D eigenvalue weighted by Gasteiger charge is -2.14. The van der Waals surface area contributed by atoms with Gasteiger partial charge in [0.2, 0.25) is 0 Å². The Morgan fingerprint density at radius 3 is 2.67 bits per heavy atom. The van der Waals surface area contributed by atoms with Gasteiger partial charge in [-0.2, -0.15) is 0 Å². The average Bonchev–Trinajstić information content (AvgIpc) is 2.47. The van der Waals surface area contributed by atoms with Gasteiger partial charge in [-0.25, -0.2) is 4.39 Å². The summed E-state index contributed by atoms with van der Waals surface area (Å²) in [6.07, 6.45) is 1.70. The molecule has 106 valence electrons. The van der Waals surface area contributed by atoms with Gasteiger partial charge in [-0.05, 0) is 48.4 Å². The van der Waals surface area contributed by atoms with Gasteiger partial charge in [0, 0.05) is 17.8 Å². The number of aromatic nitrogens is 1. The quantitative estimate of drug-likeness (QED) is 0.785. The van der Waals surface area contributed by atoms with Gasteiger partial charge in [-0.1, -0.05) is 18.2 Å². The SMILES string of the molecule is CC(N)c1cc2ccccn2c(=O)c1-c1cccc(F)c1. The second kappa shape index (κ2) is 5.14. The number of hydrogen-bond donors (Lipinski definition) is 1. The molecule has 3 rings (SSSR count). The van der Waals surface area contributed by atoms with Crippen LogP contribution < -0.4 is 11.3 Å². The summed E-state index contributed by atoms with van der Waals surface area (Å²) < 4.78 is 15.0. The van der Waals surface area contributed by atoms with Gasteiger partial charge in [0.1, 0.15) is 5.82 Å². The molecule has 1 unspecified atom stereocenters. The van der Waals surface area contributed by atoms with Gasteiger partial charge in [0.05, 0.1) is 5.56 Å². The van der Waals surface area contributed by atoms with Crippen LogP contribution in [0, 0.1) is 5.82 Å². The van der Waals surface area contributed by atoms with E-state index in [1.807, 2.05) is 25.1 Å². The standard InChI is InChI=1S/C17H15FN2O/c1-11(19)15-10-14-7-2-3-8-20(14)17(21)16(15)12-5-4-6-13(18)9-12/h2-11H,19H2,1H3. The van der Waals surface area contributed by atoms with Crippen LogP contribution in [0.2, 0.25) is 0 Å². The molecule has 3 aromatic rings. The van der Waals surface area contributed by atoms with Crippen LogP contribution in [-0.4, -0.2) is 4.40 Å². The molecule has 0 aliphatic rings. The lowest BCUT2D eigenvalue weighted by atomic mass is 9.97. The van der Waals surface area contributed by atoms with Crippen molar-refractivity contribution in [1.29, 1.82) is 0 Å². The van der Waals surface area contributed by atoms with E-state index in [1.54, 1.807) is 28.8 Å². The van der Waals surface area contributed by atoms with E-state index in [9.17, 15) is 9.18 Å². The lowest BCUT2D eigenvalue weighted by Crippen LogP contribution is -2.20. The van der Waals surface area contributed by atoms with Gasteiger partial charge in [0.25, 0.3) is 5.56 Å². The average molecular weight is 282 g/mol. The fourth-order valence-corrected chi connectivity index (χ4v) is 2.53. The van der Waals surface area contributed by atoms with Crippen molar-refractivity contribution in [3.05, 3.63) is 76.5 Å². The van der Waals surface area contributed by atoms with Crippen molar-refractivity contribution in [3.63, 3.8) is 0 Å². The van der Waals surface area contributed by atoms with E-state index in [2.05, 4.69) is 0 Å². The van der Waals surface area contributed by atoms with Crippen LogP contribution in [0.1, 0.15) is 18.5 Å². The van der Waals surface area contributed by atoms with Crippen molar-refractivity contribution in [3.8, 4) is 11.1 Å². The molecule has 21 heavy (non-hydrogen) atoms. The van der Waals surface area contributed by atoms with E-state index in [0.29, 0.717) is 11.1 Å². The smallest absolute Gasteiger partial charge is 0.263 e. The van der Waals surface area contributed by atoms with Crippen molar-refractivity contribution in [2.45, 2.75) is 13.0 Å². The maximum absolute atomic E-state index is 13.5. The minimum absolute atomic E-state index is 0.189. The van der Waals surface area contributed by atoms with Crippen LogP contribution in [0.15, 0.2) is 59.5 Å². The van der Waals surface area contributed by atoms with E-state index in [0.717, 1.165) is 11.1 Å². The Morgan fingerprint density at radius 1 is 1.14 bits per heavy atom. The first-order chi connectivity index (χ1) is 10.1. The Hall–Kier alpha value is -2.46. The van der Waals surface area contributed by atoms with E-state index in [1.165, 1.54) is 12.1 Å². The molecular weight excluding hydrogens is 267 g/mol. The second-order valence-electron chi connectivity index (χ2n) is 5.07. The Balaban J connectivity index is 2.42. The third-order valence-corrected chi connectivity index (χ3v) is 3.52. The predicted molar refractivity (Wildman–Crippen MR) is 81.7 cm³/mol. The zero-order valence-corrected chi connectivity index (χ0v) is 11.6. The van der Waals surface area contributed by atoms with E-state index in [4.69, 9.17) is 5.73 Å². The highest BCUT2D eigenvalue weighted by Crippen LogP contribution is 2.26. The molecule has 2 aromatic heterocycles. The van der Waals surface area contributed by atoms with Crippen LogP contribution in [0.25, 0.3) is 16.6 Å². The molecule has 0 spiro atoms. The van der Waals surface area contributed by atoms with Crippen LogP contribution in [0.3, 0.4) is 0 Å². The minimum Gasteiger partial charge on any atom is -0.324 e. The molecule has 0 fully saturated rings. The molecule has 2 heterocycles. The molecule has 1 aromatic carbocycles. The lowest BCUT2D eigenvalue weighted by molar-refractivity contribution is 0.628. The number of fused-ring (bicyclic) bond motifs is 1. The van der Waals surface area contributed by atoms with Gasteiger partial charge >= 0.3 is 0 Å². The Morgan fingerprint density at radius 2 is 1.95 bits per heavy atom. The molecule has 1 atom stereocenters. The molecule has 0 saturated heterocycles. The summed E-state index contributed by atoms with van der Waals surface area (Å²) in [6, 6.07) is 13.1. The molecule has 0 aliphatic carbocycles. The zero-order valence-electron chi connectivity index (χ0n) is 11.6. The monoisotopic (exact) mass is 282 g/mol. The first-order valence-electron chi connectivity index (χ1n) is 6.74. The van der Waals surface area contributed by atoms with Crippen molar-refractivity contribution >= 4 is 5.52 Å². The number of nitrogens with zero attached hydrogens (tertiary/aromatic N) is 1. The van der Waals surface area contributed by atoms with E-state index in [-0.39, 0.29) is 17.4 Å². The molecule has 3 nitrogen and oxygen atoms in total. The highest BCUT2D eigenvalue weighted by Gasteiger charge is 2.15. The van der Waals surface area contributed by atoms with Gasteiger partial charge in [0.15, 0.2) is 0 Å². The number of pyridine rings is 2. The first kappa shape index (κ1) is 13.5. The number of nitrogens with two attached hydrogens (primary N) is 1. The number of hydrogen-bond acceptors (Lipinski definition) is 2. The summed E-state index contributed by atoms with van der Waals surface area (Å²) in [5.74, 6) is -0.374. The topological polar surface area (TPSA) is 47.5 Å². The largest absolute Gasteiger partial charge is 0.324 e. The molecule has 0 aliphatic heterocycles. The van der Waals surface area contributed by atoms with Crippen molar-refractivity contribution < 1.29 is 4.39 Å². The van der Waals surface area contributed by atoms with Crippen LogP contribution in [-0.2, 0) is 0 Å². The van der Waals surface area contributed by atoms with Crippen molar-refractivity contribution in [2.75, 3.05) is 0 Å². The number of benzene rings is 1. The number of halogens is 1. The molecule has 0 bridgehead atoms. The van der Waals surface area contributed by atoms with Crippen LogP contribution >= 0.6 is 0 Å². The predicted octanol–water partition coefficient (Wildman–Crippen LogP) is 3.13. The summed E-state index contributed by atoms with van der Waals surface area (Å²) in [4.78, 5) is 12.8. The van der Waals surface area contributed by atoms with Gasteiger partial charge in [-0.15, -0.1) is 0 Å². The Kier molecular flexibility index (Phi) is 3.31. The molecular formula is C17H15FN2O. The molecule has 0 radical (unpaired) electrons. The summed E-state index contributed by atoms with van der Waals surface area (Å²) in [7, 11) is 0. The highest BCUT2D eigenvalue weighted by atomic mass is 19.1.